The molecule has 0 aliphatic heterocycles. The molecule has 0 rings (SSSR count). The Morgan fingerprint density at radius 1 is 1.08 bits per heavy atom. The van der Waals surface area contributed by atoms with Gasteiger partial charge < -0.3 is 5.11 Å². The van der Waals surface area contributed by atoms with Crippen molar-refractivity contribution in [3.05, 3.63) is 0 Å². The number of aliphatic carboxylic acids is 1. The van der Waals surface area contributed by atoms with Gasteiger partial charge in [-0.3, -0.25) is 4.79 Å². The minimum absolute atomic E-state index is 0. The van der Waals surface area contributed by atoms with Gasteiger partial charge in [0.1, 0.15) is 0 Å². The van der Waals surface area contributed by atoms with Crippen molar-refractivity contribution in [1.82, 2.24) is 0 Å². The summed E-state index contributed by atoms with van der Waals surface area (Å²) in [6, 6.07) is 0. The second-order valence-electron chi connectivity index (χ2n) is 0.519. The molecule has 0 atom stereocenters. The van der Waals surface area contributed by atoms with Crippen LogP contribution in [0.2, 0.25) is 0 Å². The van der Waals surface area contributed by atoms with E-state index in [0.717, 1.165) is 6.92 Å². The Bertz CT molecular complexity index is 55.3. The first kappa shape index (κ1) is 64.2. The topological polar surface area (TPSA) is 37.3 Å². The fourth-order valence-corrected chi connectivity index (χ4v) is 0. The molecule has 0 aromatic rings. The molecule has 0 fully saturated rings. The molecular weight excluding hydrogens is 312 g/mol. The number of rotatable bonds is 0. The summed E-state index contributed by atoms with van der Waals surface area (Å²) in [6.45, 7) is 1.08. The number of halogens is 3. The van der Waals surface area contributed by atoms with E-state index in [0.29, 0.717) is 0 Å². The molecule has 0 unspecified atom stereocenters. The average Bonchev–Trinajstić information content (AvgIpc) is 0.811. The van der Waals surface area contributed by atoms with Gasteiger partial charge >= 0.3 is 171 Å². The maximum atomic E-state index is 9.00. The molecule has 0 amide bonds. The van der Waals surface area contributed by atoms with Crippen LogP contribution in [0, 0.1) is 0 Å². The van der Waals surface area contributed by atoms with Crippen molar-refractivity contribution in [3.63, 3.8) is 0 Å². The molecule has 0 heterocycles. The Balaban J connectivity index is -0.00000000161. The molecule has 0 aliphatic rings. The summed E-state index contributed by atoms with van der Waals surface area (Å²) in [5.41, 5.74) is 0. The molecule has 1 N–H and O–H groups in total. The molecule has 2 nitrogen and oxygen atoms in total. The molecule has 0 aliphatic carbocycles. The van der Waals surface area contributed by atoms with Crippen LogP contribution in [0.25, 0.3) is 0 Å². The Morgan fingerprint density at radius 2 is 1.08 bits per heavy atom. The molecule has 0 saturated carbocycles. The van der Waals surface area contributed by atoms with E-state index in [4.69, 9.17) is 9.90 Å². The standard InChI is InChI=1S/C2H4O2.Ca.3ClH.K.Mg.2Na.7H/c1-2(3)4;;;;;;;;;;;;;;;/h1H3,(H,3,4);;3*1H;;;;;;;;;;;. The predicted octanol–water partition coefficient (Wildman–Crippen LogP) is -2.42. The summed E-state index contributed by atoms with van der Waals surface area (Å²) in [5, 5.41) is 7.42. The summed E-state index contributed by atoms with van der Waals surface area (Å²) >= 11 is 0. The molecule has 10 heteroatoms. The van der Waals surface area contributed by atoms with Gasteiger partial charge in [0.25, 0.3) is 5.97 Å². The van der Waals surface area contributed by atoms with Gasteiger partial charge in [-0.15, -0.1) is 37.2 Å². The van der Waals surface area contributed by atoms with Crippen molar-refractivity contribution in [1.29, 1.82) is 0 Å². The van der Waals surface area contributed by atoms with Crippen LogP contribution in [-0.4, -0.2) is 182 Å². The Labute approximate surface area is 225 Å². The van der Waals surface area contributed by atoms with E-state index in [-0.39, 0.29) is 209 Å². The first-order chi connectivity index (χ1) is 1.73. The Morgan fingerprint density at radius 3 is 1.08 bits per heavy atom. The van der Waals surface area contributed by atoms with Gasteiger partial charge in [0.2, 0.25) is 0 Å². The maximum absolute atomic E-state index is 9.00. The van der Waals surface area contributed by atoms with Crippen molar-refractivity contribution in [2.75, 3.05) is 0 Å². The van der Waals surface area contributed by atoms with Crippen molar-refractivity contribution in [2.24, 2.45) is 0 Å². The first-order valence-corrected chi connectivity index (χ1v) is 0.928. The molecule has 0 spiro atoms. The zero-order valence-electron chi connectivity index (χ0n) is 3.58. The summed E-state index contributed by atoms with van der Waals surface area (Å²) in [6.07, 6.45) is 0. The van der Waals surface area contributed by atoms with Crippen LogP contribution in [0.3, 0.4) is 0 Å². The van der Waals surface area contributed by atoms with Gasteiger partial charge in [-0.25, -0.2) is 0 Å². The summed E-state index contributed by atoms with van der Waals surface area (Å²) in [4.78, 5) is 9.00. The number of hydrogen-bond donors (Lipinski definition) is 1. The second-order valence-corrected chi connectivity index (χ2v) is 0.519. The third-order valence-corrected chi connectivity index (χ3v) is 0. The summed E-state index contributed by atoms with van der Waals surface area (Å²) in [5.74, 6) is -0.833. The zero-order valence-corrected chi connectivity index (χ0v) is 6.03. The van der Waals surface area contributed by atoms with Crippen LogP contribution in [-0.2, 0) is 4.79 Å². The summed E-state index contributed by atoms with van der Waals surface area (Å²) in [7, 11) is 0. The van der Waals surface area contributed by atoms with Gasteiger partial charge in [0.15, 0.2) is 0 Å². The van der Waals surface area contributed by atoms with Gasteiger partial charge in [-0.2, -0.15) is 0 Å². The molecule has 62 valence electrons. The fraction of sp³-hybridized carbons (Fsp3) is 0.500. The SMILES string of the molecule is CC(=O)O.Cl.Cl.Cl.[CaH2].[KH].[MgH2].[NaH].[NaH]. The normalized spacial score (nSPS) is 2.08. The van der Waals surface area contributed by atoms with E-state index in [1.807, 2.05) is 0 Å². The van der Waals surface area contributed by atoms with Crippen LogP contribution in [0.4, 0.5) is 0 Å². The number of carboxylic acid groups (broad SMARTS) is 1. The summed E-state index contributed by atoms with van der Waals surface area (Å²) < 4.78 is 0. The predicted molar refractivity (Wildman–Crippen MR) is 73.6 cm³/mol. The molecule has 0 saturated heterocycles. The van der Waals surface area contributed by atoms with E-state index in [2.05, 4.69) is 0 Å². The minimum atomic E-state index is -0.833. The molecule has 0 aromatic carbocycles. The average molecular weight is 326 g/mol. The van der Waals surface area contributed by atoms with E-state index < -0.39 is 5.97 Å². The van der Waals surface area contributed by atoms with Gasteiger partial charge in [0.05, 0.1) is 0 Å². The van der Waals surface area contributed by atoms with Crippen LogP contribution >= 0.6 is 37.2 Å². The van der Waals surface area contributed by atoms with Gasteiger partial charge in [0, 0.05) is 6.92 Å². The number of carboxylic acids is 1. The molecule has 0 bridgehead atoms. The van der Waals surface area contributed by atoms with Crippen LogP contribution < -0.4 is 0 Å². The third kappa shape index (κ3) is 100.0. The molecule has 12 heavy (non-hydrogen) atoms. The van der Waals surface area contributed by atoms with Crippen LogP contribution in [0.5, 0.6) is 0 Å². The van der Waals surface area contributed by atoms with E-state index >= 15 is 0 Å². The second kappa shape index (κ2) is 53.7. The third-order valence-electron chi connectivity index (χ3n) is 0. The van der Waals surface area contributed by atoms with Crippen LogP contribution in [0.1, 0.15) is 6.92 Å². The fourth-order valence-electron chi connectivity index (χ4n) is 0. The number of hydrogen-bond acceptors (Lipinski definition) is 1. The van der Waals surface area contributed by atoms with Crippen molar-refractivity contribution in [3.8, 4) is 0 Å². The molecule has 0 aromatic heterocycles. The van der Waals surface area contributed by atoms with Crippen molar-refractivity contribution < 1.29 is 9.90 Å². The van der Waals surface area contributed by atoms with Crippen molar-refractivity contribution >= 4 is 214 Å². The zero-order chi connectivity index (χ0) is 3.58. The monoisotopic (exact) mass is 324 g/mol. The van der Waals surface area contributed by atoms with Gasteiger partial charge in [-0.1, -0.05) is 0 Å². The quantitative estimate of drug-likeness (QED) is 0.503. The molecule has 0 radical (unpaired) electrons. The van der Waals surface area contributed by atoms with E-state index in [1.54, 1.807) is 0 Å². The van der Waals surface area contributed by atoms with E-state index in [9.17, 15) is 0 Å². The molecular formula is C2H14CaCl3KMgNa2O2. The Hall–Kier alpha value is 6.00. The number of carbonyl (C=O) groups is 1. The van der Waals surface area contributed by atoms with E-state index in [1.165, 1.54) is 0 Å². The van der Waals surface area contributed by atoms with Gasteiger partial charge in [-0.05, 0) is 0 Å². The van der Waals surface area contributed by atoms with Crippen molar-refractivity contribution in [2.45, 2.75) is 6.92 Å². The first-order valence-electron chi connectivity index (χ1n) is 0.928. The van der Waals surface area contributed by atoms with Crippen LogP contribution in [0.15, 0.2) is 0 Å². The Kier molecular flexibility index (Phi) is 287.